The Morgan fingerprint density at radius 1 is 1.20 bits per heavy atom. The van der Waals surface area contributed by atoms with Crippen molar-refractivity contribution in [3.8, 4) is 0 Å². The molecule has 78 valence electrons. The second-order valence-electron chi connectivity index (χ2n) is 3.48. The number of rotatable bonds is 2. The van der Waals surface area contributed by atoms with Gasteiger partial charge in [-0.1, -0.05) is 35.9 Å². The van der Waals surface area contributed by atoms with Gasteiger partial charge in [-0.05, 0) is 30.2 Å². The molecular formula is C12H12ClNS. The first-order valence-electron chi connectivity index (χ1n) is 4.75. The van der Waals surface area contributed by atoms with Gasteiger partial charge in [-0.2, -0.15) is 0 Å². The fourth-order valence-corrected chi connectivity index (χ4v) is 2.67. The van der Waals surface area contributed by atoms with E-state index in [0.717, 1.165) is 14.8 Å². The molecule has 0 saturated carbocycles. The Morgan fingerprint density at radius 3 is 2.53 bits per heavy atom. The zero-order valence-electron chi connectivity index (χ0n) is 8.41. The smallest absolute Gasteiger partial charge is 0.0931 e. The van der Waals surface area contributed by atoms with Gasteiger partial charge in [0.25, 0.3) is 0 Å². The number of nitrogens with two attached hydrogens (primary N) is 1. The van der Waals surface area contributed by atoms with Crippen molar-refractivity contribution in [2.24, 2.45) is 5.73 Å². The van der Waals surface area contributed by atoms with Crippen LogP contribution in [0.5, 0.6) is 0 Å². The highest BCUT2D eigenvalue weighted by molar-refractivity contribution is 7.16. The molecule has 0 radical (unpaired) electrons. The number of benzene rings is 1. The fourth-order valence-electron chi connectivity index (χ4n) is 1.58. The van der Waals surface area contributed by atoms with Crippen LogP contribution in [0.25, 0.3) is 0 Å². The highest BCUT2D eigenvalue weighted by Gasteiger charge is 2.12. The molecule has 1 aromatic heterocycles. The summed E-state index contributed by atoms with van der Waals surface area (Å²) in [6, 6.07) is 12.0. The maximum Gasteiger partial charge on any atom is 0.0931 e. The summed E-state index contributed by atoms with van der Waals surface area (Å²) >= 11 is 7.43. The number of hydrogen-bond acceptors (Lipinski definition) is 2. The molecule has 0 amide bonds. The van der Waals surface area contributed by atoms with Gasteiger partial charge in [-0.3, -0.25) is 0 Å². The molecule has 1 heterocycles. The van der Waals surface area contributed by atoms with Crippen molar-refractivity contribution in [3.63, 3.8) is 0 Å². The van der Waals surface area contributed by atoms with Gasteiger partial charge in [0, 0.05) is 4.88 Å². The summed E-state index contributed by atoms with van der Waals surface area (Å²) in [5.41, 5.74) is 8.56. The van der Waals surface area contributed by atoms with E-state index in [1.165, 1.54) is 16.9 Å². The van der Waals surface area contributed by atoms with Gasteiger partial charge in [0.1, 0.15) is 0 Å². The minimum atomic E-state index is -0.0660. The molecule has 15 heavy (non-hydrogen) atoms. The molecule has 3 heteroatoms. The normalized spacial score (nSPS) is 12.7. The Bertz CT molecular complexity index is 464. The maximum absolute atomic E-state index is 6.18. The summed E-state index contributed by atoms with van der Waals surface area (Å²) in [7, 11) is 0. The first-order chi connectivity index (χ1) is 7.18. The lowest BCUT2D eigenvalue weighted by Gasteiger charge is -2.12. The molecule has 0 aliphatic heterocycles. The Labute approximate surface area is 98.5 Å². The SMILES string of the molecule is Cc1ccccc1C(N)c1ccc(Cl)s1. The molecule has 1 atom stereocenters. The van der Waals surface area contributed by atoms with E-state index in [2.05, 4.69) is 19.1 Å². The van der Waals surface area contributed by atoms with Crippen molar-refractivity contribution in [1.82, 2.24) is 0 Å². The lowest BCUT2D eigenvalue weighted by Crippen LogP contribution is -2.11. The highest BCUT2D eigenvalue weighted by atomic mass is 35.5. The predicted octanol–water partition coefficient (Wildman–Crippen LogP) is 3.76. The molecule has 2 rings (SSSR count). The zero-order valence-corrected chi connectivity index (χ0v) is 9.98. The average molecular weight is 238 g/mol. The quantitative estimate of drug-likeness (QED) is 0.846. The molecule has 0 aliphatic carbocycles. The molecule has 2 N–H and O–H groups in total. The van der Waals surface area contributed by atoms with Crippen LogP contribution >= 0.6 is 22.9 Å². The summed E-state index contributed by atoms with van der Waals surface area (Å²) in [4.78, 5) is 1.11. The molecule has 0 fully saturated rings. The van der Waals surface area contributed by atoms with E-state index in [9.17, 15) is 0 Å². The van der Waals surface area contributed by atoms with Gasteiger partial charge in [-0.15, -0.1) is 11.3 Å². The molecule has 0 saturated heterocycles. The van der Waals surface area contributed by atoms with E-state index in [1.807, 2.05) is 24.3 Å². The van der Waals surface area contributed by atoms with E-state index in [4.69, 9.17) is 17.3 Å². The number of halogens is 1. The minimum absolute atomic E-state index is 0.0660. The van der Waals surface area contributed by atoms with Crippen molar-refractivity contribution in [2.75, 3.05) is 0 Å². The van der Waals surface area contributed by atoms with Crippen LogP contribution in [0.15, 0.2) is 36.4 Å². The van der Waals surface area contributed by atoms with Gasteiger partial charge in [-0.25, -0.2) is 0 Å². The summed E-state index contributed by atoms with van der Waals surface area (Å²) < 4.78 is 0.786. The molecule has 1 unspecified atom stereocenters. The minimum Gasteiger partial charge on any atom is -0.320 e. The fraction of sp³-hybridized carbons (Fsp3) is 0.167. The largest absolute Gasteiger partial charge is 0.320 e. The Balaban J connectivity index is 2.36. The van der Waals surface area contributed by atoms with Crippen LogP contribution in [0.2, 0.25) is 4.34 Å². The molecular weight excluding hydrogens is 226 g/mol. The van der Waals surface area contributed by atoms with E-state index in [-0.39, 0.29) is 6.04 Å². The molecule has 1 aromatic carbocycles. The lowest BCUT2D eigenvalue weighted by molar-refractivity contribution is 0.882. The van der Waals surface area contributed by atoms with Gasteiger partial charge in [0.15, 0.2) is 0 Å². The van der Waals surface area contributed by atoms with Gasteiger partial charge in [0.05, 0.1) is 10.4 Å². The average Bonchev–Trinajstić information content (AvgIpc) is 2.65. The third-order valence-electron chi connectivity index (χ3n) is 2.42. The summed E-state index contributed by atoms with van der Waals surface area (Å²) in [5, 5.41) is 0. The van der Waals surface area contributed by atoms with Crippen molar-refractivity contribution >= 4 is 22.9 Å². The third kappa shape index (κ3) is 2.23. The van der Waals surface area contributed by atoms with Crippen LogP contribution < -0.4 is 5.73 Å². The Morgan fingerprint density at radius 2 is 1.93 bits per heavy atom. The van der Waals surface area contributed by atoms with Gasteiger partial charge >= 0.3 is 0 Å². The topological polar surface area (TPSA) is 26.0 Å². The summed E-state index contributed by atoms with van der Waals surface area (Å²) in [6.45, 7) is 2.07. The summed E-state index contributed by atoms with van der Waals surface area (Å²) in [5.74, 6) is 0. The summed E-state index contributed by atoms with van der Waals surface area (Å²) in [6.07, 6.45) is 0. The van der Waals surface area contributed by atoms with Crippen LogP contribution in [0, 0.1) is 6.92 Å². The number of aryl methyl sites for hydroxylation is 1. The van der Waals surface area contributed by atoms with Crippen molar-refractivity contribution in [1.29, 1.82) is 0 Å². The van der Waals surface area contributed by atoms with Crippen LogP contribution in [0.4, 0.5) is 0 Å². The van der Waals surface area contributed by atoms with E-state index in [1.54, 1.807) is 0 Å². The van der Waals surface area contributed by atoms with Gasteiger partial charge in [0.2, 0.25) is 0 Å². The van der Waals surface area contributed by atoms with E-state index in [0.29, 0.717) is 0 Å². The molecule has 2 aromatic rings. The van der Waals surface area contributed by atoms with Crippen molar-refractivity contribution < 1.29 is 0 Å². The lowest BCUT2D eigenvalue weighted by atomic mass is 10.0. The molecule has 1 nitrogen and oxygen atoms in total. The van der Waals surface area contributed by atoms with Crippen molar-refractivity contribution in [3.05, 3.63) is 56.7 Å². The first kappa shape index (κ1) is 10.7. The Hall–Kier alpha value is -0.830. The first-order valence-corrected chi connectivity index (χ1v) is 5.94. The Kier molecular flexibility index (Phi) is 3.10. The predicted molar refractivity (Wildman–Crippen MR) is 66.5 cm³/mol. The second-order valence-corrected chi connectivity index (χ2v) is 5.22. The highest BCUT2D eigenvalue weighted by Crippen LogP contribution is 2.30. The number of hydrogen-bond donors (Lipinski definition) is 1. The van der Waals surface area contributed by atoms with E-state index < -0.39 is 0 Å². The zero-order chi connectivity index (χ0) is 10.8. The van der Waals surface area contributed by atoms with Crippen LogP contribution in [0.1, 0.15) is 22.0 Å². The van der Waals surface area contributed by atoms with Crippen LogP contribution in [0.3, 0.4) is 0 Å². The number of thiophene rings is 1. The van der Waals surface area contributed by atoms with Crippen molar-refractivity contribution in [2.45, 2.75) is 13.0 Å². The monoisotopic (exact) mass is 237 g/mol. The van der Waals surface area contributed by atoms with Gasteiger partial charge < -0.3 is 5.73 Å². The molecule has 0 aliphatic rings. The standard InChI is InChI=1S/C12H12ClNS/c1-8-4-2-3-5-9(8)12(14)10-6-7-11(13)15-10/h2-7,12H,14H2,1H3. The van der Waals surface area contributed by atoms with E-state index >= 15 is 0 Å². The molecule has 0 spiro atoms. The van der Waals surface area contributed by atoms with Crippen LogP contribution in [-0.4, -0.2) is 0 Å². The van der Waals surface area contributed by atoms with Crippen LogP contribution in [-0.2, 0) is 0 Å². The molecule has 0 bridgehead atoms. The second kappa shape index (κ2) is 4.35. The maximum atomic E-state index is 6.18. The third-order valence-corrected chi connectivity index (χ3v) is 3.74.